The van der Waals surface area contributed by atoms with Gasteiger partial charge >= 0.3 is 0 Å². The minimum atomic E-state index is -0.257. The Bertz CT molecular complexity index is 1160. The number of furan rings is 1. The summed E-state index contributed by atoms with van der Waals surface area (Å²) in [5.41, 5.74) is 2.23. The number of anilines is 2. The van der Waals surface area contributed by atoms with Gasteiger partial charge in [0.1, 0.15) is 11.4 Å². The molecule has 0 atom stereocenters. The molecule has 0 unspecified atom stereocenters. The molecule has 4 aromatic rings. The molecular weight excluding hydrogens is 356 g/mol. The predicted octanol–water partition coefficient (Wildman–Crippen LogP) is 2.30. The van der Waals surface area contributed by atoms with Crippen LogP contribution in [0.25, 0.3) is 22.2 Å². The van der Waals surface area contributed by atoms with Gasteiger partial charge in [-0.25, -0.2) is 4.98 Å². The van der Waals surface area contributed by atoms with Crippen molar-refractivity contribution in [3.05, 3.63) is 65.5 Å². The lowest BCUT2D eigenvalue weighted by Gasteiger charge is -2.35. The number of fused-ring (bicyclic) bond motifs is 1. The second-order valence-electron chi connectivity index (χ2n) is 6.63. The van der Waals surface area contributed by atoms with Crippen LogP contribution in [-0.4, -0.2) is 46.1 Å². The smallest absolute Gasteiger partial charge is 0.275 e. The van der Waals surface area contributed by atoms with Crippen molar-refractivity contribution in [1.82, 2.24) is 19.9 Å². The number of piperazine rings is 1. The first-order valence-corrected chi connectivity index (χ1v) is 9.12. The number of H-pyrrole nitrogens is 1. The van der Waals surface area contributed by atoms with Gasteiger partial charge in [-0.1, -0.05) is 0 Å². The minimum Gasteiger partial charge on any atom is -0.464 e. The van der Waals surface area contributed by atoms with Crippen LogP contribution in [0, 0.1) is 0 Å². The molecule has 5 rings (SSSR count). The van der Waals surface area contributed by atoms with Gasteiger partial charge in [0.15, 0.2) is 0 Å². The average molecular weight is 374 g/mol. The summed E-state index contributed by atoms with van der Waals surface area (Å²) in [4.78, 5) is 32.5. The van der Waals surface area contributed by atoms with Crippen molar-refractivity contribution in [2.75, 3.05) is 36.0 Å². The van der Waals surface area contributed by atoms with Crippen LogP contribution in [0.1, 0.15) is 0 Å². The highest BCUT2D eigenvalue weighted by Gasteiger charge is 2.22. The van der Waals surface area contributed by atoms with Gasteiger partial charge in [0, 0.05) is 56.4 Å². The molecule has 0 saturated carbocycles. The fourth-order valence-electron chi connectivity index (χ4n) is 3.54. The topological polar surface area (TPSA) is 91.2 Å². The van der Waals surface area contributed by atoms with Crippen molar-refractivity contribution in [2.24, 2.45) is 0 Å². The van der Waals surface area contributed by atoms with E-state index >= 15 is 0 Å². The summed E-state index contributed by atoms with van der Waals surface area (Å²) in [5, 5.41) is 1.02. The number of pyridine rings is 2. The van der Waals surface area contributed by atoms with Crippen molar-refractivity contribution < 1.29 is 4.42 Å². The maximum atomic E-state index is 12.1. The summed E-state index contributed by atoms with van der Waals surface area (Å²) in [6, 6.07) is 9.06. The second kappa shape index (κ2) is 6.80. The summed E-state index contributed by atoms with van der Waals surface area (Å²) >= 11 is 0. The Hall–Kier alpha value is -3.68. The van der Waals surface area contributed by atoms with Crippen LogP contribution in [0.3, 0.4) is 0 Å². The third-order valence-corrected chi connectivity index (χ3v) is 4.96. The lowest BCUT2D eigenvalue weighted by atomic mass is 10.2. The molecule has 1 aliphatic heterocycles. The van der Waals surface area contributed by atoms with E-state index in [1.165, 1.54) is 6.07 Å². The zero-order chi connectivity index (χ0) is 18.9. The predicted molar refractivity (Wildman–Crippen MR) is 107 cm³/mol. The molecule has 0 aliphatic carbocycles. The van der Waals surface area contributed by atoms with Gasteiger partial charge in [0.2, 0.25) is 5.95 Å². The third-order valence-electron chi connectivity index (χ3n) is 4.96. The standard InChI is InChI=1S/C20H18N6O2/c27-18-13-16(14-1-5-21-6-2-14)23-20(24-18)26-10-8-25(9-11-26)19-15-4-12-28-17(15)3-7-22-19/h1-7,12-13H,8-11H2,(H,23,24,27). The molecule has 4 aromatic heterocycles. The lowest BCUT2D eigenvalue weighted by molar-refractivity contribution is 0.614. The zero-order valence-electron chi connectivity index (χ0n) is 15.1. The van der Waals surface area contributed by atoms with Crippen LogP contribution in [0.5, 0.6) is 0 Å². The van der Waals surface area contributed by atoms with E-state index in [1.807, 2.05) is 24.3 Å². The van der Waals surface area contributed by atoms with Crippen molar-refractivity contribution in [3.8, 4) is 11.3 Å². The van der Waals surface area contributed by atoms with Gasteiger partial charge in [0.25, 0.3) is 5.56 Å². The highest BCUT2D eigenvalue weighted by Crippen LogP contribution is 2.26. The molecule has 28 heavy (non-hydrogen) atoms. The first-order valence-electron chi connectivity index (χ1n) is 9.12. The molecule has 8 heteroatoms. The molecule has 140 valence electrons. The maximum absolute atomic E-state index is 12.1. The summed E-state index contributed by atoms with van der Waals surface area (Å²) in [5.74, 6) is 1.52. The quantitative estimate of drug-likeness (QED) is 0.588. The van der Waals surface area contributed by atoms with E-state index in [9.17, 15) is 4.79 Å². The Morgan fingerprint density at radius 1 is 0.964 bits per heavy atom. The summed E-state index contributed by atoms with van der Waals surface area (Å²) < 4.78 is 5.48. The monoisotopic (exact) mass is 374 g/mol. The Morgan fingerprint density at radius 3 is 2.57 bits per heavy atom. The van der Waals surface area contributed by atoms with Gasteiger partial charge in [0.05, 0.1) is 17.3 Å². The van der Waals surface area contributed by atoms with Crippen molar-refractivity contribution in [2.45, 2.75) is 0 Å². The largest absolute Gasteiger partial charge is 0.464 e. The fourth-order valence-corrected chi connectivity index (χ4v) is 3.54. The number of hydrogen-bond donors (Lipinski definition) is 1. The number of aromatic nitrogens is 4. The van der Waals surface area contributed by atoms with Gasteiger partial charge in [-0.2, -0.15) is 4.98 Å². The fraction of sp³-hybridized carbons (Fsp3) is 0.200. The molecule has 1 saturated heterocycles. The molecular formula is C20H18N6O2. The lowest BCUT2D eigenvalue weighted by Crippen LogP contribution is -2.47. The van der Waals surface area contributed by atoms with E-state index in [0.29, 0.717) is 5.95 Å². The number of hydrogen-bond acceptors (Lipinski definition) is 7. The highest BCUT2D eigenvalue weighted by molar-refractivity contribution is 5.88. The van der Waals surface area contributed by atoms with E-state index in [2.05, 4.69) is 29.7 Å². The van der Waals surface area contributed by atoms with Crippen molar-refractivity contribution >= 4 is 22.7 Å². The van der Waals surface area contributed by atoms with Crippen LogP contribution in [0.15, 0.2) is 64.4 Å². The number of nitrogens with zero attached hydrogens (tertiary/aromatic N) is 5. The maximum Gasteiger partial charge on any atom is 0.275 e. The molecule has 0 spiro atoms. The normalized spacial score (nSPS) is 14.6. The summed E-state index contributed by atoms with van der Waals surface area (Å²) in [6.07, 6.45) is 6.86. The Labute approximate surface area is 160 Å². The van der Waals surface area contributed by atoms with Crippen LogP contribution >= 0.6 is 0 Å². The van der Waals surface area contributed by atoms with Crippen LogP contribution in [-0.2, 0) is 0 Å². The molecule has 0 bridgehead atoms. The van der Waals surface area contributed by atoms with E-state index in [0.717, 1.165) is 54.2 Å². The SMILES string of the molecule is O=c1cc(-c2ccncc2)[nH]c(N2CCN(c3nccc4occc34)CC2)n1. The second-order valence-corrected chi connectivity index (χ2v) is 6.63. The van der Waals surface area contributed by atoms with Crippen LogP contribution in [0.2, 0.25) is 0 Å². The van der Waals surface area contributed by atoms with Crippen molar-refractivity contribution in [3.63, 3.8) is 0 Å². The van der Waals surface area contributed by atoms with E-state index < -0.39 is 0 Å². The molecule has 0 radical (unpaired) electrons. The Kier molecular flexibility index (Phi) is 4.01. The molecule has 8 nitrogen and oxygen atoms in total. The number of rotatable bonds is 3. The Morgan fingerprint density at radius 2 is 1.75 bits per heavy atom. The molecule has 5 heterocycles. The molecule has 1 N–H and O–H groups in total. The van der Waals surface area contributed by atoms with E-state index in [4.69, 9.17) is 4.42 Å². The first-order chi connectivity index (χ1) is 13.8. The van der Waals surface area contributed by atoms with Crippen molar-refractivity contribution in [1.29, 1.82) is 0 Å². The number of nitrogens with one attached hydrogen (secondary N) is 1. The van der Waals surface area contributed by atoms with Crippen LogP contribution < -0.4 is 15.4 Å². The van der Waals surface area contributed by atoms with Crippen LogP contribution in [0.4, 0.5) is 11.8 Å². The molecule has 0 aromatic carbocycles. The Balaban J connectivity index is 1.38. The molecule has 0 amide bonds. The van der Waals surface area contributed by atoms with E-state index in [1.54, 1.807) is 24.9 Å². The zero-order valence-corrected chi connectivity index (χ0v) is 15.1. The van der Waals surface area contributed by atoms with Gasteiger partial charge in [-0.05, 0) is 24.3 Å². The van der Waals surface area contributed by atoms with Gasteiger partial charge in [-0.3, -0.25) is 9.78 Å². The first kappa shape index (κ1) is 16.5. The number of aromatic amines is 1. The summed E-state index contributed by atoms with van der Waals surface area (Å²) in [6.45, 7) is 3.03. The van der Waals surface area contributed by atoms with Gasteiger partial charge in [-0.15, -0.1) is 0 Å². The molecule has 1 aliphatic rings. The van der Waals surface area contributed by atoms with Gasteiger partial charge < -0.3 is 19.2 Å². The minimum absolute atomic E-state index is 0.257. The highest BCUT2D eigenvalue weighted by atomic mass is 16.3. The third kappa shape index (κ3) is 2.98. The van der Waals surface area contributed by atoms with E-state index in [-0.39, 0.29) is 5.56 Å². The summed E-state index contributed by atoms with van der Waals surface area (Å²) in [7, 11) is 0. The average Bonchev–Trinajstić information content (AvgIpc) is 3.23. The molecule has 1 fully saturated rings.